The van der Waals surface area contributed by atoms with Gasteiger partial charge in [0.25, 0.3) is 5.91 Å². The molecule has 3 N–H and O–H groups in total. The number of halogens is 1. The van der Waals surface area contributed by atoms with Crippen molar-refractivity contribution in [2.75, 3.05) is 6.54 Å². The van der Waals surface area contributed by atoms with E-state index in [1.807, 2.05) is 24.6 Å². The molecule has 1 heterocycles. The molecule has 1 aliphatic rings. The summed E-state index contributed by atoms with van der Waals surface area (Å²) in [5, 5.41) is 6.98. The van der Waals surface area contributed by atoms with Crippen LogP contribution < -0.4 is 11.1 Å². The molecule has 0 spiro atoms. The van der Waals surface area contributed by atoms with Gasteiger partial charge in [-0.1, -0.05) is 0 Å². The lowest BCUT2D eigenvalue weighted by atomic mass is 9.95. The van der Waals surface area contributed by atoms with Gasteiger partial charge < -0.3 is 11.1 Å². The van der Waals surface area contributed by atoms with Gasteiger partial charge in [0.2, 0.25) is 0 Å². The van der Waals surface area contributed by atoms with Gasteiger partial charge in [0, 0.05) is 11.9 Å². The zero-order chi connectivity index (χ0) is 11.8. The smallest absolute Gasteiger partial charge is 0.252 e. The molecule has 2 rings (SSSR count). The minimum atomic E-state index is -0.231. The molecule has 3 nitrogen and oxygen atoms in total. The lowest BCUT2D eigenvalue weighted by Gasteiger charge is -2.29. The van der Waals surface area contributed by atoms with Crippen molar-refractivity contribution in [3.8, 4) is 0 Å². The Morgan fingerprint density at radius 1 is 1.59 bits per heavy atom. The van der Waals surface area contributed by atoms with Gasteiger partial charge in [-0.3, -0.25) is 4.79 Å². The summed E-state index contributed by atoms with van der Waals surface area (Å²) in [5.74, 6) is 0.569. The largest absolute Gasteiger partial charge is 0.345 e. The monoisotopic (exact) mass is 274 g/mol. The van der Waals surface area contributed by atoms with Crippen LogP contribution in [0.3, 0.4) is 0 Å². The third-order valence-corrected chi connectivity index (χ3v) is 4.26. The second kappa shape index (κ2) is 5.38. The average molecular weight is 275 g/mol. The van der Waals surface area contributed by atoms with Gasteiger partial charge in [-0.05, 0) is 43.6 Å². The van der Waals surface area contributed by atoms with E-state index in [1.165, 1.54) is 12.8 Å². The highest BCUT2D eigenvalue weighted by molar-refractivity contribution is 7.08. The maximum Gasteiger partial charge on any atom is 0.252 e. The van der Waals surface area contributed by atoms with Gasteiger partial charge in [-0.25, -0.2) is 0 Å². The van der Waals surface area contributed by atoms with Crippen molar-refractivity contribution in [3.05, 3.63) is 21.9 Å². The number of rotatable bonds is 4. The van der Waals surface area contributed by atoms with Crippen molar-refractivity contribution >= 4 is 29.7 Å². The van der Waals surface area contributed by atoms with Crippen LogP contribution in [0.5, 0.6) is 0 Å². The van der Waals surface area contributed by atoms with Crippen LogP contribution >= 0.6 is 23.7 Å². The molecule has 5 heteroatoms. The van der Waals surface area contributed by atoms with Crippen molar-refractivity contribution in [2.45, 2.75) is 32.2 Å². The number of nitrogens with one attached hydrogen (secondary N) is 1. The third-order valence-electron chi connectivity index (χ3n) is 3.40. The molecule has 1 saturated carbocycles. The van der Waals surface area contributed by atoms with Gasteiger partial charge in [-0.2, -0.15) is 11.3 Å². The Hall–Kier alpha value is -0.580. The highest BCUT2D eigenvalue weighted by Gasteiger charge is 2.41. The zero-order valence-corrected chi connectivity index (χ0v) is 11.8. The van der Waals surface area contributed by atoms with Crippen molar-refractivity contribution in [1.82, 2.24) is 5.32 Å². The molecule has 0 aliphatic heterocycles. The number of amides is 1. The second-order valence-corrected chi connectivity index (χ2v) is 5.56. The molecule has 96 valence electrons. The molecule has 17 heavy (non-hydrogen) atoms. The van der Waals surface area contributed by atoms with Crippen LogP contribution in [0.4, 0.5) is 0 Å². The van der Waals surface area contributed by atoms with E-state index < -0.39 is 0 Å². The molecule has 1 aromatic rings. The summed E-state index contributed by atoms with van der Waals surface area (Å²) in [7, 11) is 0. The predicted molar refractivity (Wildman–Crippen MR) is 74.0 cm³/mol. The summed E-state index contributed by atoms with van der Waals surface area (Å²) in [5.41, 5.74) is 7.37. The van der Waals surface area contributed by atoms with E-state index in [2.05, 4.69) is 5.32 Å². The minimum Gasteiger partial charge on any atom is -0.345 e. The fourth-order valence-electron chi connectivity index (χ4n) is 1.96. The molecule has 0 aromatic carbocycles. The molecule has 1 fully saturated rings. The molecule has 1 aliphatic carbocycles. The molecular formula is C12H19ClN2OS. The SMILES string of the molecule is Cc1cscc1C(=O)NC(C)(CN)C1CC1.Cl. The number of carbonyl (C=O) groups is 1. The van der Waals surface area contributed by atoms with E-state index in [1.54, 1.807) is 11.3 Å². The van der Waals surface area contributed by atoms with E-state index in [4.69, 9.17) is 5.73 Å². The van der Waals surface area contributed by atoms with Gasteiger partial charge in [-0.15, -0.1) is 12.4 Å². The Morgan fingerprint density at radius 3 is 2.65 bits per heavy atom. The fraction of sp³-hybridized carbons (Fsp3) is 0.583. The Bertz CT molecular complexity index is 403. The fourth-order valence-corrected chi connectivity index (χ4v) is 2.79. The van der Waals surface area contributed by atoms with Crippen LogP contribution in [0.25, 0.3) is 0 Å². The van der Waals surface area contributed by atoms with Crippen LogP contribution in [0.1, 0.15) is 35.7 Å². The Morgan fingerprint density at radius 2 is 2.24 bits per heavy atom. The number of nitrogens with two attached hydrogens (primary N) is 1. The van der Waals surface area contributed by atoms with Gasteiger partial charge in [0.05, 0.1) is 11.1 Å². The summed E-state index contributed by atoms with van der Waals surface area (Å²) in [6.07, 6.45) is 2.35. The Balaban J connectivity index is 0.00000144. The van der Waals surface area contributed by atoms with Gasteiger partial charge in [0.1, 0.15) is 0 Å². The van der Waals surface area contributed by atoms with E-state index in [9.17, 15) is 4.79 Å². The Labute approximate surface area is 112 Å². The van der Waals surface area contributed by atoms with Crippen LogP contribution in [-0.2, 0) is 0 Å². The highest BCUT2D eigenvalue weighted by Crippen LogP contribution is 2.39. The van der Waals surface area contributed by atoms with Crippen molar-refractivity contribution < 1.29 is 4.79 Å². The number of hydrogen-bond acceptors (Lipinski definition) is 3. The maximum absolute atomic E-state index is 12.1. The first kappa shape index (κ1) is 14.5. The number of hydrogen-bond donors (Lipinski definition) is 2. The van der Waals surface area contributed by atoms with Crippen LogP contribution in [0.2, 0.25) is 0 Å². The number of thiophene rings is 1. The highest BCUT2D eigenvalue weighted by atomic mass is 35.5. The first-order valence-corrected chi connectivity index (χ1v) is 6.56. The Kier molecular flexibility index (Phi) is 4.58. The topological polar surface area (TPSA) is 55.1 Å². The summed E-state index contributed by atoms with van der Waals surface area (Å²) in [6, 6.07) is 0. The molecule has 0 saturated heterocycles. The van der Waals surface area contributed by atoms with Gasteiger partial charge in [0.15, 0.2) is 0 Å². The van der Waals surface area contributed by atoms with Crippen molar-refractivity contribution in [1.29, 1.82) is 0 Å². The summed E-state index contributed by atoms with van der Waals surface area (Å²) in [6.45, 7) is 4.51. The van der Waals surface area contributed by atoms with E-state index in [0.29, 0.717) is 12.5 Å². The maximum atomic E-state index is 12.1. The van der Waals surface area contributed by atoms with Crippen LogP contribution in [0.15, 0.2) is 10.8 Å². The lowest BCUT2D eigenvalue weighted by molar-refractivity contribution is 0.0897. The zero-order valence-electron chi connectivity index (χ0n) is 10.2. The molecule has 1 aromatic heterocycles. The van der Waals surface area contributed by atoms with E-state index >= 15 is 0 Å². The first-order valence-electron chi connectivity index (χ1n) is 5.62. The quantitative estimate of drug-likeness (QED) is 0.885. The predicted octanol–water partition coefficient (Wildman–Crippen LogP) is 2.34. The minimum absolute atomic E-state index is 0. The van der Waals surface area contributed by atoms with Crippen LogP contribution in [0, 0.1) is 12.8 Å². The van der Waals surface area contributed by atoms with E-state index in [-0.39, 0.29) is 23.9 Å². The number of carbonyl (C=O) groups excluding carboxylic acids is 1. The van der Waals surface area contributed by atoms with Crippen molar-refractivity contribution in [2.24, 2.45) is 11.7 Å². The van der Waals surface area contributed by atoms with Crippen LogP contribution in [-0.4, -0.2) is 18.0 Å². The normalized spacial score (nSPS) is 18.1. The van der Waals surface area contributed by atoms with E-state index in [0.717, 1.165) is 11.1 Å². The average Bonchev–Trinajstić information content (AvgIpc) is 3.02. The van der Waals surface area contributed by atoms with Crippen molar-refractivity contribution in [3.63, 3.8) is 0 Å². The molecule has 1 atom stereocenters. The molecule has 0 bridgehead atoms. The molecule has 1 amide bonds. The molecular weight excluding hydrogens is 256 g/mol. The first-order chi connectivity index (χ1) is 7.57. The molecule has 0 radical (unpaired) electrons. The number of aryl methyl sites for hydroxylation is 1. The summed E-state index contributed by atoms with van der Waals surface area (Å²) < 4.78 is 0. The summed E-state index contributed by atoms with van der Waals surface area (Å²) in [4.78, 5) is 12.1. The van der Waals surface area contributed by atoms with Gasteiger partial charge >= 0.3 is 0 Å². The lowest BCUT2D eigenvalue weighted by Crippen LogP contribution is -2.53. The second-order valence-electron chi connectivity index (χ2n) is 4.82. The standard InChI is InChI=1S/C12H18N2OS.ClH/c1-8-5-16-6-10(8)11(15)14-12(2,7-13)9-3-4-9;/h5-6,9H,3-4,7,13H2,1-2H3,(H,14,15);1H. The molecule has 1 unspecified atom stereocenters. The summed E-state index contributed by atoms with van der Waals surface area (Å²) >= 11 is 1.56. The third kappa shape index (κ3) is 3.00.